The van der Waals surface area contributed by atoms with Crippen LogP contribution in [0.1, 0.15) is 30.1 Å². The maximum absolute atomic E-state index is 13.3. The molecule has 0 fully saturated rings. The molecule has 1 aromatic heterocycles. The smallest absolute Gasteiger partial charge is 0.311 e. The molecule has 3 rings (SSSR count). The van der Waals surface area contributed by atoms with Gasteiger partial charge in [0.2, 0.25) is 5.89 Å². The molecule has 0 spiro atoms. The highest BCUT2D eigenvalue weighted by Gasteiger charge is 2.24. The predicted octanol–water partition coefficient (Wildman–Crippen LogP) is 3.93. The van der Waals surface area contributed by atoms with E-state index in [1.165, 1.54) is 12.1 Å². The molecule has 0 saturated carbocycles. The Morgan fingerprint density at radius 1 is 1.12 bits per heavy atom. The second kappa shape index (κ2) is 7.25. The van der Waals surface area contributed by atoms with E-state index in [0.29, 0.717) is 12.1 Å². The van der Waals surface area contributed by atoms with Gasteiger partial charge in [0.25, 0.3) is 0 Å². The summed E-state index contributed by atoms with van der Waals surface area (Å²) >= 11 is 0. The third kappa shape index (κ3) is 3.91. The van der Waals surface area contributed by atoms with Crippen LogP contribution in [0.25, 0.3) is 11.5 Å². The van der Waals surface area contributed by atoms with Crippen LogP contribution in [-0.2, 0) is 6.54 Å². The van der Waals surface area contributed by atoms with Crippen LogP contribution in [0.5, 0.6) is 0 Å². The minimum atomic E-state index is -0.406. The minimum absolute atomic E-state index is 0.0442. The van der Waals surface area contributed by atoms with Crippen molar-refractivity contribution in [3.8, 4) is 11.5 Å². The Morgan fingerprint density at radius 2 is 1.88 bits per heavy atom. The SMILES string of the molecule is CC(C)N(Cc1ccccc1)C(=O)c1nnc(-c2cccc(F)c2)o1. The van der Waals surface area contributed by atoms with E-state index in [-0.39, 0.29) is 23.7 Å². The highest BCUT2D eigenvalue weighted by Crippen LogP contribution is 2.20. The quantitative estimate of drug-likeness (QED) is 0.707. The third-order valence-corrected chi connectivity index (χ3v) is 3.76. The molecular formula is C19H18FN3O2. The van der Waals surface area contributed by atoms with Gasteiger partial charge in [0.15, 0.2) is 0 Å². The summed E-state index contributed by atoms with van der Waals surface area (Å²) in [6.45, 7) is 4.28. The van der Waals surface area contributed by atoms with Crippen LogP contribution in [0, 0.1) is 5.82 Å². The average molecular weight is 339 g/mol. The van der Waals surface area contributed by atoms with Gasteiger partial charge in [-0.3, -0.25) is 4.79 Å². The number of nitrogens with zero attached hydrogens (tertiary/aromatic N) is 3. The van der Waals surface area contributed by atoms with Crippen molar-refractivity contribution >= 4 is 5.91 Å². The molecule has 0 aliphatic rings. The second-order valence-corrected chi connectivity index (χ2v) is 5.94. The zero-order chi connectivity index (χ0) is 17.8. The predicted molar refractivity (Wildman–Crippen MR) is 91.1 cm³/mol. The van der Waals surface area contributed by atoms with E-state index in [1.54, 1.807) is 17.0 Å². The van der Waals surface area contributed by atoms with Gasteiger partial charge < -0.3 is 9.32 Å². The monoisotopic (exact) mass is 339 g/mol. The topological polar surface area (TPSA) is 59.2 Å². The van der Waals surface area contributed by atoms with Crippen molar-refractivity contribution < 1.29 is 13.6 Å². The number of carbonyl (C=O) groups excluding carboxylic acids is 1. The van der Waals surface area contributed by atoms with Crippen molar-refractivity contribution in [2.24, 2.45) is 0 Å². The normalized spacial score (nSPS) is 10.9. The molecule has 0 radical (unpaired) electrons. The van der Waals surface area contributed by atoms with E-state index < -0.39 is 5.82 Å². The first-order valence-electron chi connectivity index (χ1n) is 7.99. The maximum atomic E-state index is 13.3. The van der Waals surface area contributed by atoms with Crippen molar-refractivity contribution in [3.63, 3.8) is 0 Å². The summed E-state index contributed by atoms with van der Waals surface area (Å²) < 4.78 is 18.8. The Bertz CT molecular complexity index is 862. The van der Waals surface area contributed by atoms with Crippen LogP contribution in [0.15, 0.2) is 59.0 Å². The molecule has 0 saturated heterocycles. The first-order valence-corrected chi connectivity index (χ1v) is 7.99. The molecule has 0 unspecified atom stereocenters. The first-order chi connectivity index (χ1) is 12.0. The highest BCUT2D eigenvalue weighted by molar-refractivity contribution is 5.90. The molecule has 6 heteroatoms. The molecule has 25 heavy (non-hydrogen) atoms. The lowest BCUT2D eigenvalue weighted by atomic mass is 10.2. The summed E-state index contributed by atoms with van der Waals surface area (Å²) in [6, 6.07) is 15.4. The molecular weight excluding hydrogens is 321 g/mol. The summed E-state index contributed by atoms with van der Waals surface area (Å²) in [7, 11) is 0. The molecule has 3 aromatic rings. The molecule has 1 heterocycles. The number of hydrogen-bond donors (Lipinski definition) is 0. The van der Waals surface area contributed by atoms with Gasteiger partial charge in [-0.1, -0.05) is 36.4 Å². The van der Waals surface area contributed by atoms with Gasteiger partial charge in [-0.05, 0) is 37.6 Å². The van der Waals surface area contributed by atoms with Gasteiger partial charge in [0.1, 0.15) is 5.82 Å². The molecule has 0 bridgehead atoms. The number of aromatic nitrogens is 2. The van der Waals surface area contributed by atoms with Crippen molar-refractivity contribution in [1.29, 1.82) is 0 Å². The summed E-state index contributed by atoms with van der Waals surface area (Å²) in [5, 5.41) is 7.70. The zero-order valence-electron chi connectivity index (χ0n) is 14.0. The van der Waals surface area contributed by atoms with Gasteiger partial charge in [-0.2, -0.15) is 0 Å². The largest absolute Gasteiger partial charge is 0.412 e. The molecule has 128 valence electrons. The molecule has 0 aliphatic carbocycles. The van der Waals surface area contributed by atoms with Gasteiger partial charge >= 0.3 is 11.8 Å². The zero-order valence-corrected chi connectivity index (χ0v) is 14.0. The van der Waals surface area contributed by atoms with Crippen molar-refractivity contribution in [2.75, 3.05) is 0 Å². The fraction of sp³-hybridized carbons (Fsp3) is 0.211. The molecule has 1 amide bonds. The van der Waals surface area contributed by atoms with E-state index in [4.69, 9.17) is 4.42 Å². The number of rotatable bonds is 5. The number of hydrogen-bond acceptors (Lipinski definition) is 4. The lowest BCUT2D eigenvalue weighted by Gasteiger charge is -2.25. The van der Waals surface area contributed by atoms with E-state index in [9.17, 15) is 9.18 Å². The van der Waals surface area contributed by atoms with Gasteiger partial charge in [-0.15, -0.1) is 10.2 Å². The highest BCUT2D eigenvalue weighted by atomic mass is 19.1. The molecule has 0 aliphatic heterocycles. The summed E-state index contributed by atoms with van der Waals surface area (Å²) in [5.41, 5.74) is 1.44. The molecule has 5 nitrogen and oxygen atoms in total. The Kier molecular flexibility index (Phi) is 4.88. The van der Waals surface area contributed by atoms with Crippen molar-refractivity contribution in [3.05, 3.63) is 71.9 Å². The average Bonchev–Trinajstić information content (AvgIpc) is 3.10. The number of amides is 1. The summed E-state index contributed by atoms with van der Waals surface area (Å²) in [6.07, 6.45) is 0. The Balaban J connectivity index is 1.83. The van der Waals surface area contributed by atoms with Crippen LogP contribution < -0.4 is 0 Å². The molecule has 0 N–H and O–H groups in total. The first kappa shape index (κ1) is 16.8. The van der Waals surface area contributed by atoms with Crippen LogP contribution in [0.2, 0.25) is 0 Å². The van der Waals surface area contributed by atoms with Gasteiger partial charge in [-0.25, -0.2) is 4.39 Å². The minimum Gasteiger partial charge on any atom is -0.412 e. The standard InChI is InChI=1S/C19H18FN3O2/c1-13(2)23(12-14-7-4-3-5-8-14)19(24)18-22-21-17(25-18)15-9-6-10-16(20)11-15/h3-11,13H,12H2,1-2H3. The second-order valence-electron chi connectivity index (χ2n) is 5.94. The lowest BCUT2D eigenvalue weighted by molar-refractivity contribution is 0.0650. The Labute approximate surface area is 145 Å². The Morgan fingerprint density at radius 3 is 2.56 bits per heavy atom. The fourth-order valence-electron chi connectivity index (χ4n) is 2.44. The number of halogens is 1. The van der Waals surface area contributed by atoms with Crippen LogP contribution in [0.3, 0.4) is 0 Å². The summed E-state index contributed by atoms with van der Waals surface area (Å²) in [4.78, 5) is 14.4. The molecule has 0 atom stereocenters. The van der Waals surface area contributed by atoms with Gasteiger partial charge in [0, 0.05) is 18.2 Å². The van der Waals surface area contributed by atoms with Gasteiger partial charge in [0.05, 0.1) is 0 Å². The maximum Gasteiger partial charge on any atom is 0.311 e. The number of benzene rings is 2. The van der Waals surface area contributed by atoms with E-state index in [1.807, 2.05) is 44.2 Å². The van der Waals surface area contributed by atoms with Crippen LogP contribution in [0.4, 0.5) is 4.39 Å². The fourth-order valence-corrected chi connectivity index (χ4v) is 2.44. The van der Waals surface area contributed by atoms with Crippen LogP contribution >= 0.6 is 0 Å². The van der Waals surface area contributed by atoms with Crippen molar-refractivity contribution in [1.82, 2.24) is 15.1 Å². The number of carbonyl (C=O) groups is 1. The molecule has 2 aromatic carbocycles. The van der Waals surface area contributed by atoms with Crippen molar-refractivity contribution in [2.45, 2.75) is 26.4 Å². The van der Waals surface area contributed by atoms with Crippen LogP contribution in [-0.4, -0.2) is 27.0 Å². The summed E-state index contributed by atoms with van der Waals surface area (Å²) in [5.74, 6) is -0.749. The lowest BCUT2D eigenvalue weighted by Crippen LogP contribution is -2.36. The Hall–Kier alpha value is -3.02. The van der Waals surface area contributed by atoms with E-state index in [2.05, 4.69) is 10.2 Å². The van der Waals surface area contributed by atoms with E-state index >= 15 is 0 Å². The third-order valence-electron chi connectivity index (χ3n) is 3.76. The van der Waals surface area contributed by atoms with E-state index in [0.717, 1.165) is 5.56 Å².